The van der Waals surface area contributed by atoms with Gasteiger partial charge in [-0.3, -0.25) is 4.79 Å². The second kappa shape index (κ2) is 5.92. The van der Waals surface area contributed by atoms with E-state index in [0.717, 1.165) is 29.7 Å². The summed E-state index contributed by atoms with van der Waals surface area (Å²) in [7, 11) is 0. The lowest BCUT2D eigenvalue weighted by molar-refractivity contribution is 0.0846. The van der Waals surface area contributed by atoms with E-state index in [2.05, 4.69) is 13.8 Å². The summed E-state index contributed by atoms with van der Waals surface area (Å²) in [6.07, 6.45) is 5.18. The molecule has 1 heterocycles. The third-order valence-corrected chi connectivity index (χ3v) is 4.05. The molecule has 0 aliphatic carbocycles. The molecule has 0 spiro atoms. The SMILES string of the molecule is CC1(C)CCc2cc(C(=O)/C=C/c3ccc(O)cc3)ccc2O1. The lowest BCUT2D eigenvalue weighted by atomic mass is 9.93. The number of rotatable bonds is 3. The van der Waals surface area contributed by atoms with E-state index in [1.54, 1.807) is 36.4 Å². The van der Waals surface area contributed by atoms with E-state index in [1.807, 2.05) is 18.2 Å². The Morgan fingerprint density at radius 3 is 2.65 bits per heavy atom. The largest absolute Gasteiger partial charge is 0.508 e. The molecule has 0 unspecified atom stereocenters. The van der Waals surface area contributed by atoms with Crippen molar-refractivity contribution in [2.45, 2.75) is 32.3 Å². The van der Waals surface area contributed by atoms with E-state index in [-0.39, 0.29) is 17.1 Å². The zero-order valence-corrected chi connectivity index (χ0v) is 13.4. The number of fused-ring (bicyclic) bond motifs is 1. The van der Waals surface area contributed by atoms with E-state index in [4.69, 9.17) is 4.74 Å². The maximum atomic E-state index is 12.3. The van der Waals surface area contributed by atoms with Gasteiger partial charge >= 0.3 is 0 Å². The molecule has 0 fully saturated rings. The Kier molecular flexibility index (Phi) is 3.95. The van der Waals surface area contributed by atoms with Crippen LogP contribution >= 0.6 is 0 Å². The molecule has 0 aromatic heterocycles. The van der Waals surface area contributed by atoms with Gasteiger partial charge in [0.05, 0.1) is 0 Å². The van der Waals surface area contributed by atoms with Crippen molar-refractivity contribution < 1.29 is 14.6 Å². The van der Waals surface area contributed by atoms with Gasteiger partial charge in [-0.2, -0.15) is 0 Å². The summed E-state index contributed by atoms with van der Waals surface area (Å²) < 4.78 is 5.94. The van der Waals surface area contributed by atoms with Crippen LogP contribution in [-0.4, -0.2) is 16.5 Å². The van der Waals surface area contributed by atoms with Gasteiger partial charge in [-0.15, -0.1) is 0 Å². The summed E-state index contributed by atoms with van der Waals surface area (Å²) in [5.41, 5.74) is 2.49. The molecule has 0 radical (unpaired) electrons. The summed E-state index contributed by atoms with van der Waals surface area (Å²) >= 11 is 0. The smallest absolute Gasteiger partial charge is 0.185 e. The molecule has 1 aliphatic heterocycles. The van der Waals surface area contributed by atoms with Crippen molar-refractivity contribution in [2.24, 2.45) is 0 Å². The number of hydrogen-bond acceptors (Lipinski definition) is 3. The molecular weight excluding hydrogens is 288 g/mol. The third-order valence-electron chi connectivity index (χ3n) is 4.05. The maximum Gasteiger partial charge on any atom is 0.185 e. The van der Waals surface area contributed by atoms with Crippen molar-refractivity contribution in [3.05, 3.63) is 65.2 Å². The molecule has 2 aromatic rings. The summed E-state index contributed by atoms with van der Waals surface area (Å²) in [5, 5.41) is 9.26. The monoisotopic (exact) mass is 308 g/mol. The summed E-state index contributed by atoms with van der Waals surface area (Å²) in [6, 6.07) is 12.4. The van der Waals surface area contributed by atoms with Gasteiger partial charge in [-0.05, 0) is 74.2 Å². The summed E-state index contributed by atoms with van der Waals surface area (Å²) in [4.78, 5) is 12.3. The lowest BCUT2D eigenvalue weighted by Crippen LogP contribution is -2.32. The Morgan fingerprint density at radius 2 is 1.91 bits per heavy atom. The molecule has 3 nitrogen and oxygen atoms in total. The van der Waals surface area contributed by atoms with Crippen LogP contribution in [0.1, 0.15) is 41.8 Å². The zero-order valence-electron chi connectivity index (χ0n) is 13.4. The zero-order chi connectivity index (χ0) is 16.4. The fraction of sp³-hybridized carbons (Fsp3) is 0.250. The van der Waals surface area contributed by atoms with Gasteiger partial charge in [-0.1, -0.05) is 18.2 Å². The average Bonchev–Trinajstić information content (AvgIpc) is 2.53. The lowest BCUT2D eigenvalue weighted by Gasteiger charge is -2.32. The minimum absolute atomic E-state index is 0.0364. The first kappa shape index (κ1) is 15.3. The highest BCUT2D eigenvalue weighted by Gasteiger charge is 2.26. The highest BCUT2D eigenvalue weighted by atomic mass is 16.5. The van der Waals surface area contributed by atoms with Crippen LogP contribution in [-0.2, 0) is 6.42 Å². The van der Waals surface area contributed by atoms with Crippen LogP contribution in [0.25, 0.3) is 6.08 Å². The van der Waals surface area contributed by atoms with Crippen LogP contribution in [0, 0.1) is 0 Å². The fourth-order valence-corrected chi connectivity index (χ4v) is 2.67. The standard InChI is InChI=1S/C20H20O3/c1-20(2)12-11-16-13-15(6-10-19(16)23-20)18(22)9-5-14-3-7-17(21)8-4-14/h3-10,13,21H,11-12H2,1-2H3/b9-5+. The number of aryl methyl sites for hydroxylation is 1. The topological polar surface area (TPSA) is 46.5 Å². The Morgan fingerprint density at radius 1 is 1.17 bits per heavy atom. The van der Waals surface area contributed by atoms with Gasteiger partial charge in [0, 0.05) is 5.56 Å². The van der Waals surface area contributed by atoms with Gasteiger partial charge in [0.25, 0.3) is 0 Å². The second-order valence-electron chi connectivity index (χ2n) is 6.47. The number of ketones is 1. The number of ether oxygens (including phenoxy) is 1. The molecule has 3 heteroatoms. The molecule has 23 heavy (non-hydrogen) atoms. The van der Waals surface area contributed by atoms with Crippen LogP contribution in [0.2, 0.25) is 0 Å². The first-order chi connectivity index (χ1) is 10.9. The van der Waals surface area contributed by atoms with Gasteiger partial charge in [0.1, 0.15) is 17.1 Å². The highest BCUT2D eigenvalue weighted by Crippen LogP contribution is 2.33. The molecule has 0 atom stereocenters. The molecule has 1 N–H and O–H groups in total. The third kappa shape index (κ3) is 3.62. The Labute approximate surface area is 136 Å². The average molecular weight is 308 g/mol. The number of phenolic OH excluding ortho intramolecular Hbond substituents is 1. The molecule has 0 amide bonds. The van der Waals surface area contributed by atoms with E-state index >= 15 is 0 Å². The maximum absolute atomic E-state index is 12.3. The predicted octanol–water partition coefficient (Wildman–Crippen LogP) is 4.39. The van der Waals surface area contributed by atoms with Crippen molar-refractivity contribution in [1.29, 1.82) is 0 Å². The molecular formula is C20H20O3. The molecule has 2 aromatic carbocycles. The van der Waals surface area contributed by atoms with Gasteiger partial charge in [0.2, 0.25) is 0 Å². The van der Waals surface area contributed by atoms with Gasteiger partial charge < -0.3 is 9.84 Å². The van der Waals surface area contributed by atoms with Crippen molar-refractivity contribution in [3.8, 4) is 11.5 Å². The number of hydrogen-bond donors (Lipinski definition) is 1. The Hall–Kier alpha value is -2.55. The van der Waals surface area contributed by atoms with Crippen LogP contribution in [0.5, 0.6) is 11.5 Å². The predicted molar refractivity (Wildman–Crippen MR) is 90.9 cm³/mol. The second-order valence-corrected chi connectivity index (χ2v) is 6.47. The number of carbonyl (C=O) groups is 1. The van der Waals surface area contributed by atoms with Crippen LogP contribution < -0.4 is 4.74 Å². The van der Waals surface area contributed by atoms with Crippen LogP contribution in [0.15, 0.2) is 48.5 Å². The minimum Gasteiger partial charge on any atom is -0.508 e. The van der Waals surface area contributed by atoms with Crippen molar-refractivity contribution in [1.82, 2.24) is 0 Å². The first-order valence-electron chi connectivity index (χ1n) is 7.76. The summed E-state index contributed by atoms with van der Waals surface area (Å²) in [5.74, 6) is 1.05. The van der Waals surface area contributed by atoms with Gasteiger partial charge in [-0.25, -0.2) is 0 Å². The van der Waals surface area contributed by atoms with Crippen LogP contribution in [0.3, 0.4) is 0 Å². The molecule has 0 saturated carbocycles. The summed E-state index contributed by atoms with van der Waals surface area (Å²) in [6.45, 7) is 4.16. The van der Waals surface area contributed by atoms with Crippen molar-refractivity contribution in [3.63, 3.8) is 0 Å². The number of benzene rings is 2. The number of phenols is 1. The molecule has 118 valence electrons. The first-order valence-corrected chi connectivity index (χ1v) is 7.76. The minimum atomic E-state index is -0.142. The molecule has 0 saturated heterocycles. The fourth-order valence-electron chi connectivity index (χ4n) is 2.67. The Balaban J connectivity index is 1.77. The number of carbonyl (C=O) groups excluding carboxylic acids is 1. The quantitative estimate of drug-likeness (QED) is 0.675. The van der Waals surface area contributed by atoms with Crippen LogP contribution in [0.4, 0.5) is 0 Å². The van der Waals surface area contributed by atoms with E-state index < -0.39 is 0 Å². The van der Waals surface area contributed by atoms with Gasteiger partial charge in [0.15, 0.2) is 5.78 Å². The highest BCUT2D eigenvalue weighted by molar-refractivity contribution is 6.07. The van der Waals surface area contributed by atoms with E-state index in [9.17, 15) is 9.90 Å². The molecule has 3 rings (SSSR count). The van der Waals surface area contributed by atoms with E-state index in [0.29, 0.717) is 5.56 Å². The van der Waals surface area contributed by atoms with Crippen molar-refractivity contribution >= 4 is 11.9 Å². The van der Waals surface area contributed by atoms with Crippen molar-refractivity contribution in [2.75, 3.05) is 0 Å². The van der Waals surface area contributed by atoms with E-state index in [1.165, 1.54) is 0 Å². The number of allylic oxidation sites excluding steroid dienone is 1. The molecule has 1 aliphatic rings. The molecule has 0 bridgehead atoms. The normalized spacial score (nSPS) is 15.9. The Bertz CT molecular complexity index is 755. The number of aromatic hydroxyl groups is 1.